The number of carbonyl (C=O) groups is 1. The summed E-state index contributed by atoms with van der Waals surface area (Å²) < 4.78 is 0. The molecular formula is C18H22N4O2. The molecule has 2 aromatic rings. The van der Waals surface area contributed by atoms with E-state index in [2.05, 4.69) is 20.3 Å². The number of nitrogens with zero attached hydrogens (tertiary/aromatic N) is 2. The van der Waals surface area contributed by atoms with Gasteiger partial charge in [-0.1, -0.05) is 19.3 Å². The quantitative estimate of drug-likeness (QED) is 0.904. The van der Waals surface area contributed by atoms with Crippen LogP contribution in [0.5, 0.6) is 0 Å². The fourth-order valence-electron chi connectivity index (χ4n) is 3.11. The number of hydrogen-bond acceptors (Lipinski definition) is 4. The van der Waals surface area contributed by atoms with Crippen LogP contribution < -0.4 is 10.9 Å². The van der Waals surface area contributed by atoms with Crippen LogP contribution in [0.15, 0.2) is 35.4 Å². The number of rotatable bonds is 4. The van der Waals surface area contributed by atoms with Gasteiger partial charge in [-0.05, 0) is 31.9 Å². The second kappa shape index (κ2) is 7.38. The van der Waals surface area contributed by atoms with Gasteiger partial charge in [0, 0.05) is 29.9 Å². The van der Waals surface area contributed by atoms with Gasteiger partial charge in [-0.2, -0.15) is 0 Å². The highest BCUT2D eigenvalue weighted by Gasteiger charge is 2.23. The molecule has 3 rings (SSSR count). The average Bonchev–Trinajstić information content (AvgIpc) is 2.62. The highest BCUT2D eigenvalue weighted by atomic mass is 16.2. The van der Waals surface area contributed by atoms with Gasteiger partial charge in [0.05, 0.1) is 11.7 Å². The minimum absolute atomic E-state index is 0.0622. The molecule has 0 saturated heterocycles. The van der Waals surface area contributed by atoms with E-state index in [-0.39, 0.29) is 23.4 Å². The summed E-state index contributed by atoms with van der Waals surface area (Å²) in [5.41, 5.74) is 1.06. The van der Waals surface area contributed by atoms with Crippen LogP contribution in [0.4, 0.5) is 0 Å². The first kappa shape index (κ1) is 16.4. The van der Waals surface area contributed by atoms with Crippen molar-refractivity contribution in [3.8, 4) is 11.4 Å². The van der Waals surface area contributed by atoms with Crippen molar-refractivity contribution < 1.29 is 4.79 Å². The lowest BCUT2D eigenvalue weighted by atomic mass is 9.88. The van der Waals surface area contributed by atoms with E-state index in [1.54, 1.807) is 18.5 Å². The van der Waals surface area contributed by atoms with Crippen molar-refractivity contribution >= 4 is 5.91 Å². The van der Waals surface area contributed by atoms with Crippen LogP contribution in [-0.2, 0) is 4.79 Å². The van der Waals surface area contributed by atoms with E-state index in [0.717, 1.165) is 31.2 Å². The van der Waals surface area contributed by atoms with Crippen molar-refractivity contribution in [1.82, 2.24) is 20.3 Å². The zero-order valence-electron chi connectivity index (χ0n) is 13.8. The van der Waals surface area contributed by atoms with Gasteiger partial charge >= 0.3 is 0 Å². The third-order valence-electron chi connectivity index (χ3n) is 4.47. The standard InChI is InChI=1S/C18H22N4O2/c1-12(20-18(24)13-6-3-2-4-7-13)15-10-16(23)22-17(21-15)14-8-5-9-19-11-14/h5,8-13H,2-4,6-7H2,1H3,(H,20,24)(H,21,22,23)/t12-/m1/s1. The summed E-state index contributed by atoms with van der Waals surface area (Å²) in [5.74, 6) is 0.609. The summed E-state index contributed by atoms with van der Waals surface area (Å²) in [6.07, 6.45) is 8.64. The summed E-state index contributed by atoms with van der Waals surface area (Å²) in [7, 11) is 0. The van der Waals surface area contributed by atoms with Crippen LogP contribution in [0, 0.1) is 5.92 Å². The average molecular weight is 326 g/mol. The van der Waals surface area contributed by atoms with Crippen molar-refractivity contribution in [3.63, 3.8) is 0 Å². The molecule has 0 spiro atoms. The van der Waals surface area contributed by atoms with E-state index in [0.29, 0.717) is 11.5 Å². The molecule has 1 aliphatic rings. The predicted molar refractivity (Wildman–Crippen MR) is 91.2 cm³/mol. The van der Waals surface area contributed by atoms with E-state index in [9.17, 15) is 9.59 Å². The number of aromatic nitrogens is 3. The van der Waals surface area contributed by atoms with Crippen LogP contribution in [0.1, 0.15) is 50.8 Å². The molecule has 2 aromatic heterocycles. The molecule has 0 radical (unpaired) electrons. The van der Waals surface area contributed by atoms with Gasteiger partial charge in [-0.3, -0.25) is 14.6 Å². The zero-order valence-corrected chi connectivity index (χ0v) is 13.8. The summed E-state index contributed by atoms with van der Waals surface area (Å²) in [6.45, 7) is 1.86. The Bertz CT molecular complexity index is 751. The Labute approximate surface area is 140 Å². The lowest BCUT2D eigenvalue weighted by Crippen LogP contribution is -2.34. The summed E-state index contributed by atoms with van der Waals surface area (Å²) >= 11 is 0. The third kappa shape index (κ3) is 3.88. The van der Waals surface area contributed by atoms with Gasteiger partial charge in [0.25, 0.3) is 5.56 Å². The Morgan fingerprint density at radius 3 is 2.83 bits per heavy atom. The molecule has 1 saturated carbocycles. The van der Waals surface area contributed by atoms with Gasteiger partial charge in [0.2, 0.25) is 5.91 Å². The Balaban J connectivity index is 1.77. The molecule has 2 heterocycles. The SMILES string of the molecule is C[C@@H](NC(=O)C1CCCCC1)c1cc(=O)[nH]c(-c2cccnc2)n1. The van der Waals surface area contributed by atoms with Crippen molar-refractivity contribution in [2.75, 3.05) is 0 Å². The Kier molecular flexibility index (Phi) is 5.03. The first-order valence-electron chi connectivity index (χ1n) is 8.45. The first-order chi connectivity index (χ1) is 11.6. The molecule has 6 heteroatoms. The number of H-pyrrole nitrogens is 1. The smallest absolute Gasteiger partial charge is 0.251 e. The number of pyridine rings is 1. The molecule has 126 valence electrons. The van der Waals surface area contributed by atoms with Gasteiger partial charge in [0.1, 0.15) is 5.82 Å². The fraction of sp³-hybridized carbons (Fsp3) is 0.444. The monoisotopic (exact) mass is 326 g/mol. The summed E-state index contributed by atoms with van der Waals surface area (Å²) in [6, 6.07) is 4.75. The predicted octanol–water partition coefficient (Wildman–Crippen LogP) is 2.59. The van der Waals surface area contributed by atoms with Crippen LogP contribution in [0.2, 0.25) is 0 Å². The maximum absolute atomic E-state index is 12.4. The molecule has 1 atom stereocenters. The molecule has 6 nitrogen and oxygen atoms in total. The molecule has 0 bridgehead atoms. The number of hydrogen-bond donors (Lipinski definition) is 2. The van der Waals surface area contributed by atoms with Gasteiger partial charge in [-0.15, -0.1) is 0 Å². The molecule has 1 aliphatic carbocycles. The van der Waals surface area contributed by atoms with Gasteiger partial charge in [0.15, 0.2) is 0 Å². The topological polar surface area (TPSA) is 87.7 Å². The minimum Gasteiger partial charge on any atom is -0.348 e. The lowest BCUT2D eigenvalue weighted by molar-refractivity contribution is -0.126. The van der Waals surface area contributed by atoms with Crippen molar-refractivity contribution in [1.29, 1.82) is 0 Å². The van der Waals surface area contributed by atoms with E-state index in [4.69, 9.17) is 0 Å². The second-order valence-corrected chi connectivity index (χ2v) is 6.33. The molecule has 2 N–H and O–H groups in total. The van der Waals surface area contributed by atoms with Crippen LogP contribution >= 0.6 is 0 Å². The summed E-state index contributed by atoms with van der Waals surface area (Å²) in [4.78, 5) is 35.6. The fourth-order valence-corrected chi connectivity index (χ4v) is 3.11. The third-order valence-corrected chi connectivity index (χ3v) is 4.47. The van der Waals surface area contributed by atoms with E-state index in [1.807, 2.05) is 13.0 Å². The number of amides is 1. The summed E-state index contributed by atoms with van der Waals surface area (Å²) in [5, 5.41) is 3.00. The van der Waals surface area contributed by atoms with Gasteiger partial charge < -0.3 is 10.3 Å². The number of carbonyl (C=O) groups excluding carboxylic acids is 1. The van der Waals surface area contributed by atoms with Crippen molar-refractivity contribution in [3.05, 3.63) is 46.6 Å². The van der Waals surface area contributed by atoms with Crippen LogP contribution in [0.3, 0.4) is 0 Å². The largest absolute Gasteiger partial charge is 0.348 e. The van der Waals surface area contributed by atoms with Crippen LogP contribution in [0.25, 0.3) is 11.4 Å². The van der Waals surface area contributed by atoms with E-state index in [1.165, 1.54) is 12.5 Å². The van der Waals surface area contributed by atoms with Gasteiger partial charge in [-0.25, -0.2) is 4.98 Å². The molecule has 0 aromatic carbocycles. The number of nitrogens with one attached hydrogen (secondary N) is 2. The molecular weight excluding hydrogens is 304 g/mol. The van der Waals surface area contributed by atoms with E-state index >= 15 is 0 Å². The number of aromatic amines is 1. The molecule has 0 unspecified atom stereocenters. The van der Waals surface area contributed by atoms with E-state index < -0.39 is 0 Å². The highest BCUT2D eigenvalue weighted by Crippen LogP contribution is 2.24. The normalized spacial score (nSPS) is 16.5. The Morgan fingerprint density at radius 2 is 2.12 bits per heavy atom. The Morgan fingerprint density at radius 1 is 1.33 bits per heavy atom. The van der Waals surface area contributed by atoms with Crippen LogP contribution in [-0.4, -0.2) is 20.9 Å². The molecule has 1 amide bonds. The highest BCUT2D eigenvalue weighted by molar-refractivity contribution is 5.79. The minimum atomic E-state index is -0.308. The molecule has 24 heavy (non-hydrogen) atoms. The zero-order chi connectivity index (χ0) is 16.9. The Hall–Kier alpha value is -2.50. The maximum Gasteiger partial charge on any atom is 0.251 e. The molecule has 0 aliphatic heterocycles. The first-order valence-corrected chi connectivity index (χ1v) is 8.45. The van der Waals surface area contributed by atoms with Crippen molar-refractivity contribution in [2.45, 2.75) is 45.1 Å². The maximum atomic E-state index is 12.4. The lowest BCUT2D eigenvalue weighted by Gasteiger charge is -2.23. The van der Waals surface area contributed by atoms with Crippen molar-refractivity contribution in [2.24, 2.45) is 5.92 Å². The second-order valence-electron chi connectivity index (χ2n) is 6.33. The molecule has 1 fully saturated rings.